The lowest BCUT2D eigenvalue weighted by atomic mass is 9.96. The van der Waals surface area contributed by atoms with E-state index in [0.717, 1.165) is 23.0 Å². The minimum Gasteiger partial charge on any atom is -0.504 e. The van der Waals surface area contributed by atoms with Crippen molar-refractivity contribution in [2.45, 2.75) is 24.3 Å². The zero-order valence-electron chi connectivity index (χ0n) is 13.9. The van der Waals surface area contributed by atoms with Crippen molar-refractivity contribution in [1.82, 2.24) is 9.88 Å². The maximum Gasteiger partial charge on any atom is 0.160 e. The second-order valence-corrected chi connectivity index (χ2v) is 8.00. The summed E-state index contributed by atoms with van der Waals surface area (Å²) in [6.07, 6.45) is 1.78. The second-order valence-electron chi connectivity index (χ2n) is 6.18. The molecule has 0 amide bonds. The molecule has 5 nitrogen and oxygen atoms in total. The van der Waals surface area contributed by atoms with Gasteiger partial charge in [-0.1, -0.05) is 36.4 Å². The predicted molar refractivity (Wildman–Crippen MR) is 101 cm³/mol. The fraction of sp³-hybridized carbons (Fsp3) is 0.333. The highest BCUT2D eigenvalue weighted by atomic mass is 35.5. The summed E-state index contributed by atoms with van der Waals surface area (Å²) in [4.78, 5) is 11.7. The number of aromatic nitrogens is 1. The molecular formula is C18H18ClN3O2S. The van der Waals surface area contributed by atoms with Crippen molar-refractivity contribution < 1.29 is 9.84 Å². The van der Waals surface area contributed by atoms with Crippen LogP contribution >= 0.6 is 23.4 Å². The lowest BCUT2D eigenvalue weighted by Gasteiger charge is -2.28. The largest absolute Gasteiger partial charge is 0.504 e. The van der Waals surface area contributed by atoms with Crippen LogP contribution in [-0.2, 0) is 0 Å². The van der Waals surface area contributed by atoms with Crippen molar-refractivity contribution in [3.8, 4) is 11.5 Å². The van der Waals surface area contributed by atoms with Gasteiger partial charge in [0.25, 0.3) is 0 Å². The highest BCUT2D eigenvalue weighted by molar-refractivity contribution is 8.14. The fourth-order valence-electron chi connectivity index (χ4n) is 3.40. The van der Waals surface area contributed by atoms with Crippen molar-refractivity contribution in [3.63, 3.8) is 0 Å². The molecule has 0 unspecified atom stereocenters. The average Bonchev–Trinajstić information content (AvgIpc) is 3.12. The Labute approximate surface area is 155 Å². The van der Waals surface area contributed by atoms with Crippen LogP contribution < -0.4 is 4.74 Å². The van der Waals surface area contributed by atoms with E-state index in [9.17, 15) is 5.11 Å². The number of phenols is 1. The van der Waals surface area contributed by atoms with Crippen LogP contribution in [0.3, 0.4) is 0 Å². The molecule has 4 rings (SSSR count). The number of thioether (sulfide) groups is 1. The number of rotatable bonds is 3. The van der Waals surface area contributed by atoms with Gasteiger partial charge in [0.1, 0.15) is 6.04 Å². The van der Waals surface area contributed by atoms with Gasteiger partial charge in [-0.2, -0.15) is 0 Å². The highest BCUT2D eigenvalue weighted by Crippen LogP contribution is 2.50. The number of nitrogens with zero attached hydrogens (tertiary/aromatic N) is 3. The van der Waals surface area contributed by atoms with Crippen LogP contribution in [0.4, 0.5) is 0 Å². The van der Waals surface area contributed by atoms with Gasteiger partial charge >= 0.3 is 0 Å². The van der Waals surface area contributed by atoms with E-state index >= 15 is 0 Å². The summed E-state index contributed by atoms with van der Waals surface area (Å²) in [6, 6.07) is 9.00. The molecule has 1 aromatic heterocycles. The number of benzene rings is 1. The zero-order valence-corrected chi connectivity index (χ0v) is 15.5. The molecule has 1 fully saturated rings. The normalized spacial score (nSPS) is 25.0. The number of pyridine rings is 1. The first-order valence-corrected chi connectivity index (χ1v) is 9.32. The monoisotopic (exact) mass is 375 g/mol. The number of methoxy groups -OCH3 is 1. The van der Waals surface area contributed by atoms with Crippen molar-refractivity contribution in [2.75, 3.05) is 13.7 Å². The van der Waals surface area contributed by atoms with Crippen LogP contribution in [0.5, 0.6) is 11.5 Å². The van der Waals surface area contributed by atoms with Crippen LogP contribution in [0.25, 0.3) is 0 Å². The number of amidine groups is 1. The molecule has 2 aromatic rings. The van der Waals surface area contributed by atoms with Crippen molar-refractivity contribution in [3.05, 3.63) is 52.8 Å². The topological polar surface area (TPSA) is 58.0 Å². The maximum atomic E-state index is 10.0. The van der Waals surface area contributed by atoms with Gasteiger partial charge in [0.2, 0.25) is 0 Å². The quantitative estimate of drug-likeness (QED) is 0.877. The standard InChI is InChI=1S/C18H18ClN3O2S/c1-10-9-22-17(11-7-15(24-2)14(23)8-12(11)19)16(21-18(22)25-10)13-5-3-4-6-20-13/h3-8,10,16-17,23H,9H2,1-2H3/t10-,16+,17+/m0/s1. The van der Waals surface area contributed by atoms with E-state index in [-0.39, 0.29) is 17.8 Å². The van der Waals surface area contributed by atoms with Gasteiger partial charge in [0.15, 0.2) is 16.7 Å². The van der Waals surface area contributed by atoms with Crippen molar-refractivity contribution >= 4 is 28.5 Å². The number of phenolic OH excluding ortho intramolecular Hbond substituents is 1. The Morgan fingerprint density at radius 1 is 1.36 bits per heavy atom. The predicted octanol–water partition coefficient (Wildman–Crippen LogP) is 4.04. The van der Waals surface area contributed by atoms with Gasteiger partial charge in [-0.05, 0) is 23.8 Å². The number of halogens is 1. The molecule has 3 heterocycles. The summed E-state index contributed by atoms with van der Waals surface area (Å²) in [5.74, 6) is 0.446. The summed E-state index contributed by atoms with van der Waals surface area (Å²) in [7, 11) is 1.54. The summed E-state index contributed by atoms with van der Waals surface area (Å²) in [5, 5.41) is 12.0. The Morgan fingerprint density at radius 3 is 2.92 bits per heavy atom. The van der Waals surface area contributed by atoms with E-state index in [4.69, 9.17) is 21.3 Å². The lowest BCUT2D eigenvalue weighted by Crippen LogP contribution is -2.28. The second kappa shape index (κ2) is 6.42. The van der Waals surface area contributed by atoms with Gasteiger partial charge in [-0.3, -0.25) is 9.98 Å². The molecule has 2 aliphatic heterocycles. The first-order chi connectivity index (χ1) is 12.1. The SMILES string of the molecule is COc1cc([C@@H]2[C@@H](c3ccccn3)N=C3S[C@@H](C)CN32)c(Cl)cc1O. The summed E-state index contributed by atoms with van der Waals surface area (Å²) in [5.41, 5.74) is 1.80. The van der Waals surface area contributed by atoms with Crippen LogP contribution in [0.15, 0.2) is 41.5 Å². The zero-order chi connectivity index (χ0) is 17.6. The van der Waals surface area contributed by atoms with Gasteiger partial charge in [-0.15, -0.1) is 0 Å². The number of ether oxygens (including phenoxy) is 1. The summed E-state index contributed by atoms with van der Waals surface area (Å²) in [6.45, 7) is 3.09. The van der Waals surface area contributed by atoms with Crippen LogP contribution in [-0.4, -0.2) is 39.1 Å². The Bertz CT molecular complexity index is 831. The molecule has 1 saturated heterocycles. The minimum atomic E-state index is -0.136. The number of fused-ring (bicyclic) bond motifs is 1. The van der Waals surface area contributed by atoms with E-state index < -0.39 is 0 Å². The molecule has 130 valence electrons. The molecule has 7 heteroatoms. The lowest BCUT2D eigenvalue weighted by molar-refractivity contribution is 0.318. The minimum absolute atomic E-state index is 0.0361. The van der Waals surface area contributed by atoms with Gasteiger partial charge in [0.05, 0.1) is 18.8 Å². The molecule has 0 spiro atoms. The van der Waals surface area contributed by atoms with E-state index in [0.29, 0.717) is 16.0 Å². The van der Waals surface area contributed by atoms with E-state index in [1.807, 2.05) is 24.3 Å². The highest BCUT2D eigenvalue weighted by Gasteiger charge is 2.44. The molecule has 3 atom stereocenters. The Balaban J connectivity index is 1.83. The van der Waals surface area contributed by atoms with E-state index in [1.165, 1.54) is 13.2 Å². The molecule has 0 aliphatic carbocycles. The molecule has 0 radical (unpaired) electrons. The molecular weight excluding hydrogens is 358 g/mol. The van der Waals surface area contributed by atoms with Crippen molar-refractivity contribution in [1.29, 1.82) is 0 Å². The van der Waals surface area contributed by atoms with Gasteiger partial charge in [-0.25, -0.2) is 0 Å². The van der Waals surface area contributed by atoms with Crippen molar-refractivity contribution in [2.24, 2.45) is 4.99 Å². The Hall–Kier alpha value is -1.92. The van der Waals surface area contributed by atoms with Crippen LogP contribution in [0.2, 0.25) is 5.02 Å². The Kier molecular flexibility index (Phi) is 4.25. The third kappa shape index (κ3) is 2.83. The molecule has 25 heavy (non-hydrogen) atoms. The fourth-order valence-corrected chi connectivity index (χ4v) is 4.77. The number of aliphatic imine (C=N–C) groups is 1. The first-order valence-electron chi connectivity index (χ1n) is 8.07. The molecule has 0 bridgehead atoms. The average molecular weight is 376 g/mol. The molecule has 2 aliphatic rings. The summed E-state index contributed by atoms with van der Waals surface area (Å²) >= 11 is 8.27. The van der Waals surface area contributed by atoms with Crippen LogP contribution in [0.1, 0.15) is 30.3 Å². The van der Waals surface area contributed by atoms with E-state index in [1.54, 1.807) is 18.0 Å². The molecule has 0 saturated carbocycles. The third-order valence-corrected chi connectivity index (χ3v) is 5.93. The molecule has 1 aromatic carbocycles. The number of hydrogen-bond donors (Lipinski definition) is 1. The first kappa shape index (κ1) is 16.5. The summed E-state index contributed by atoms with van der Waals surface area (Å²) < 4.78 is 5.29. The number of aromatic hydroxyl groups is 1. The maximum absolute atomic E-state index is 10.0. The third-order valence-electron chi connectivity index (χ3n) is 4.50. The van der Waals surface area contributed by atoms with Crippen LogP contribution in [0, 0.1) is 0 Å². The van der Waals surface area contributed by atoms with Gasteiger partial charge < -0.3 is 14.7 Å². The molecule has 1 N–H and O–H groups in total. The number of hydrogen-bond acceptors (Lipinski definition) is 6. The Morgan fingerprint density at radius 2 is 2.20 bits per heavy atom. The smallest absolute Gasteiger partial charge is 0.160 e. The van der Waals surface area contributed by atoms with E-state index in [2.05, 4.69) is 16.8 Å². The van der Waals surface area contributed by atoms with Gasteiger partial charge in [0, 0.05) is 29.1 Å².